The van der Waals surface area contributed by atoms with Gasteiger partial charge in [-0.15, -0.1) is 0 Å². The highest BCUT2D eigenvalue weighted by Gasteiger charge is 2.11. The summed E-state index contributed by atoms with van der Waals surface area (Å²) in [6.45, 7) is 1.90. The molecule has 0 atom stereocenters. The van der Waals surface area contributed by atoms with E-state index in [1.54, 1.807) is 12.1 Å². The van der Waals surface area contributed by atoms with Crippen molar-refractivity contribution in [1.29, 1.82) is 0 Å². The Bertz CT molecular complexity index is 779. The van der Waals surface area contributed by atoms with E-state index >= 15 is 0 Å². The first-order valence-electron chi connectivity index (χ1n) is 6.02. The zero-order chi connectivity index (χ0) is 14.1. The molecule has 0 spiro atoms. The van der Waals surface area contributed by atoms with Gasteiger partial charge in [-0.3, -0.25) is 9.89 Å². The predicted octanol–water partition coefficient (Wildman–Crippen LogP) is 3.28. The first-order valence-corrected chi connectivity index (χ1v) is 6.81. The van der Waals surface area contributed by atoms with Crippen LogP contribution in [-0.4, -0.2) is 21.1 Å². The summed E-state index contributed by atoms with van der Waals surface area (Å²) in [6.07, 6.45) is 0. The summed E-state index contributed by atoms with van der Waals surface area (Å²) in [5.74, 6) is 0.284. The zero-order valence-electron chi connectivity index (χ0n) is 10.6. The number of rotatable bonds is 2. The molecule has 2 heterocycles. The molecule has 0 aliphatic carbocycles. The molecule has 0 fully saturated rings. The molecule has 1 amide bonds. The number of aromatic amines is 1. The van der Waals surface area contributed by atoms with Gasteiger partial charge in [0.05, 0.1) is 5.39 Å². The third-order valence-electron chi connectivity index (χ3n) is 2.90. The van der Waals surface area contributed by atoms with Crippen molar-refractivity contribution < 1.29 is 4.79 Å². The maximum atomic E-state index is 12.1. The van der Waals surface area contributed by atoms with E-state index < -0.39 is 0 Å². The van der Waals surface area contributed by atoms with Gasteiger partial charge in [-0.05, 0) is 43.3 Å². The number of nitrogens with zero attached hydrogens (tertiary/aromatic N) is 2. The molecule has 20 heavy (non-hydrogen) atoms. The number of hydrogen-bond acceptors (Lipinski definition) is 3. The van der Waals surface area contributed by atoms with Gasteiger partial charge in [0.2, 0.25) is 0 Å². The van der Waals surface area contributed by atoms with Crippen LogP contribution in [0.3, 0.4) is 0 Å². The van der Waals surface area contributed by atoms with Crippen molar-refractivity contribution in [3.63, 3.8) is 0 Å². The van der Waals surface area contributed by atoms with Crippen molar-refractivity contribution in [2.45, 2.75) is 6.92 Å². The lowest BCUT2D eigenvalue weighted by molar-refractivity contribution is 0.102. The van der Waals surface area contributed by atoms with Crippen LogP contribution in [0.5, 0.6) is 0 Å². The third-order valence-corrected chi connectivity index (χ3v) is 3.43. The number of nitrogens with one attached hydrogen (secondary N) is 2. The van der Waals surface area contributed by atoms with Crippen molar-refractivity contribution in [3.8, 4) is 0 Å². The first kappa shape index (κ1) is 12.8. The summed E-state index contributed by atoms with van der Waals surface area (Å²) in [4.78, 5) is 16.4. The Morgan fingerprint density at radius 1 is 1.20 bits per heavy atom. The van der Waals surface area contributed by atoms with Gasteiger partial charge in [-0.1, -0.05) is 15.9 Å². The summed E-state index contributed by atoms with van der Waals surface area (Å²) < 4.78 is 0.930. The predicted molar refractivity (Wildman–Crippen MR) is 80.7 cm³/mol. The monoisotopic (exact) mass is 330 g/mol. The van der Waals surface area contributed by atoms with Gasteiger partial charge in [0.25, 0.3) is 5.91 Å². The van der Waals surface area contributed by atoms with Gasteiger partial charge in [-0.2, -0.15) is 5.10 Å². The second-order valence-corrected chi connectivity index (χ2v) is 5.30. The molecule has 0 bridgehead atoms. The lowest BCUT2D eigenvalue weighted by Crippen LogP contribution is -2.12. The number of pyridine rings is 1. The summed E-state index contributed by atoms with van der Waals surface area (Å²) in [6, 6.07) is 10.9. The second kappa shape index (κ2) is 5.05. The van der Waals surface area contributed by atoms with E-state index in [4.69, 9.17) is 0 Å². The fraction of sp³-hybridized carbons (Fsp3) is 0.0714. The molecule has 0 aliphatic rings. The molecule has 5 nitrogen and oxygen atoms in total. The third kappa shape index (κ3) is 2.42. The Labute approximate surface area is 123 Å². The van der Waals surface area contributed by atoms with Crippen LogP contribution < -0.4 is 5.32 Å². The highest BCUT2D eigenvalue weighted by Crippen LogP contribution is 2.20. The average Bonchev–Trinajstić information content (AvgIpc) is 2.81. The lowest BCUT2D eigenvalue weighted by atomic mass is 10.2. The molecule has 1 aromatic carbocycles. The SMILES string of the molecule is Cc1ccc2c(NC(=O)c3ccc(Br)cc3)n[nH]c2n1. The summed E-state index contributed by atoms with van der Waals surface area (Å²) in [7, 11) is 0. The number of carbonyl (C=O) groups excluding carboxylic acids is 1. The number of fused-ring (bicyclic) bond motifs is 1. The van der Waals surface area contributed by atoms with Crippen LogP contribution in [-0.2, 0) is 0 Å². The van der Waals surface area contributed by atoms with Crippen LogP contribution >= 0.6 is 15.9 Å². The highest BCUT2D eigenvalue weighted by molar-refractivity contribution is 9.10. The van der Waals surface area contributed by atoms with Gasteiger partial charge >= 0.3 is 0 Å². The minimum atomic E-state index is -0.202. The molecule has 0 saturated heterocycles. The molecule has 2 aromatic heterocycles. The maximum absolute atomic E-state index is 12.1. The lowest BCUT2D eigenvalue weighted by Gasteiger charge is -2.02. The van der Waals surface area contributed by atoms with E-state index in [1.807, 2.05) is 31.2 Å². The summed E-state index contributed by atoms with van der Waals surface area (Å²) >= 11 is 3.34. The fourth-order valence-electron chi connectivity index (χ4n) is 1.88. The Morgan fingerprint density at radius 2 is 1.95 bits per heavy atom. The van der Waals surface area contributed by atoms with Crippen molar-refractivity contribution in [3.05, 3.63) is 52.1 Å². The van der Waals surface area contributed by atoms with Gasteiger partial charge < -0.3 is 5.32 Å². The van der Waals surface area contributed by atoms with E-state index in [0.29, 0.717) is 17.0 Å². The Hall–Kier alpha value is -2.21. The molecule has 100 valence electrons. The fourth-order valence-corrected chi connectivity index (χ4v) is 2.14. The van der Waals surface area contributed by atoms with Gasteiger partial charge in [0, 0.05) is 15.7 Å². The van der Waals surface area contributed by atoms with Crippen molar-refractivity contribution in [2.75, 3.05) is 5.32 Å². The molecular weight excluding hydrogens is 320 g/mol. The van der Waals surface area contributed by atoms with Crippen molar-refractivity contribution in [1.82, 2.24) is 15.2 Å². The van der Waals surface area contributed by atoms with Crippen LogP contribution in [0.2, 0.25) is 0 Å². The molecule has 6 heteroatoms. The number of benzene rings is 1. The number of aromatic nitrogens is 3. The van der Waals surface area contributed by atoms with Gasteiger partial charge in [-0.25, -0.2) is 4.98 Å². The van der Waals surface area contributed by atoms with Gasteiger partial charge in [0.1, 0.15) is 0 Å². The van der Waals surface area contributed by atoms with E-state index in [-0.39, 0.29) is 5.91 Å². The maximum Gasteiger partial charge on any atom is 0.256 e. The number of H-pyrrole nitrogens is 1. The summed E-state index contributed by atoms with van der Waals surface area (Å²) in [5.41, 5.74) is 2.13. The number of amides is 1. The molecule has 0 saturated carbocycles. The highest BCUT2D eigenvalue weighted by atomic mass is 79.9. The van der Waals surface area contributed by atoms with Crippen molar-refractivity contribution >= 4 is 38.7 Å². The number of aryl methyl sites for hydroxylation is 1. The van der Waals surface area contributed by atoms with Gasteiger partial charge in [0.15, 0.2) is 11.5 Å². The normalized spacial score (nSPS) is 10.7. The average molecular weight is 331 g/mol. The topological polar surface area (TPSA) is 70.7 Å². The van der Waals surface area contributed by atoms with Crippen LogP contribution in [0, 0.1) is 6.92 Å². The number of halogens is 1. The molecular formula is C14H11BrN4O. The van der Waals surface area contributed by atoms with Crippen LogP contribution in [0.15, 0.2) is 40.9 Å². The van der Waals surface area contributed by atoms with E-state index in [2.05, 4.69) is 36.4 Å². The molecule has 3 aromatic rings. The summed E-state index contributed by atoms with van der Waals surface area (Å²) in [5, 5.41) is 10.5. The van der Waals surface area contributed by atoms with E-state index in [9.17, 15) is 4.79 Å². The van der Waals surface area contributed by atoms with Crippen molar-refractivity contribution in [2.24, 2.45) is 0 Å². The largest absolute Gasteiger partial charge is 0.305 e. The van der Waals surface area contributed by atoms with Crippen LogP contribution in [0.25, 0.3) is 11.0 Å². The minimum Gasteiger partial charge on any atom is -0.305 e. The minimum absolute atomic E-state index is 0.202. The van der Waals surface area contributed by atoms with E-state index in [0.717, 1.165) is 15.6 Å². The molecule has 3 rings (SSSR count). The second-order valence-electron chi connectivity index (χ2n) is 4.38. The molecule has 2 N–H and O–H groups in total. The molecule has 0 unspecified atom stereocenters. The molecule has 0 radical (unpaired) electrons. The number of anilines is 1. The smallest absolute Gasteiger partial charge is 0.256 e. The van der Waals surface area contributed by atoms with E-state index in [1.165, 1.54) is 0 Å². The number of carbonyl (C=O) groups is 1. The Balaban J connectivity index is 1.89. The quantitative estimate of drug-likeness (QED) is 0.757. The Morgan fingerprint density at radius 3 is 2.70 bits per heavy atom. The standard InChI is InChI=1S/C14H11BrN4O/c1-8-2-7-11-12(16-8)18-19-13(11)17-14(20)9-3-5-10(15)6-4-9/h2-7H,1H3,(H2,16,17,18,19,20). The van der Waals surface area contributed by atoms with Crippen LogP contribution in [0.4, 0.5) is 5.82 Å². The molecule has 0 aliphatic heterocycles. The van der Waals surface area contributed by atoms with Crippen LogP contribution in [0.1, 0.15) is 16.1 Å². The Kier molecular flexibility index (Phi) is 3.23. The zero-order valence-corrected chi connectivity index (χ0v) is 12.2. The first-order chi connectivity index (χ1) is 9.63. The number of hydrogen-bond donors (Lipinski definition) is 2.